The van der Waals surface area contributed by atoms with Gasteiger partial charge in [-0.25, -0.2) is 0 Å². The number of hydrogen-bond donors (Lipinski definition) is 0. The van der Waals surface area contributed by atoms with E-state index in [4.69, 9.17) is 4.74 Å². The van der Waals surface area contributed by atoms with Crippen molar-refractivity contribution in [2.45, 2.75) is 0 Å². The molecular weight excluding hydrogens is 254 g/mol. The minimum atomic E-state index is 0.610. The smallest absolute Gasteiger partial charge is 0.137 e. The van der Waals surface area contributed by atoms with Gasteiger partial charge in [0.2, 0.25) is 0 Å². The average molecular weight is 265 g/mol. The molecule has 2 aromatic carbocycles. The van der Waals surface area contributed by atoms with Crippen molar-refractivity contribution < 1.29 is 4.74 Å². The van der Waals surface area contributed by atoms with E-state index in [-0.39, 0.29) is 0 Å². The molecule has 0 fully saturated rings. The van der Waals surface area contributed by atoms with Crippen molar-refractivity contribution in [1.29, 1.82) is 5.26 Å². The Balaban J connectivity index is 2.38. The van der Waals surface area contributed by atoms with Crippen molar-refractivity contribution in [3.8, 4) is 22.9 Å². The second-order valence-corrected chi connectivity index (χ2v) is 5.06. The molecule has 1 aromatic heterocycles. The van der Waals surface area contributed by atoms with Gasteiger partial charge in [-0.15, -0.1) is 11.3 Å². The van der Waals surface area contributed by atoms with Crippen molar-refractivity contribution in [2.75, 3.05) is 7.11 Å². The Kier molecular flexibility index (Phi) is 2.94. The van der Waals surface area contributed by atoms with Crippen molar-refractivity contribution in [2.24, 2.45) is 0 Å². The molecule has 0 saturated heterocycles. The van der Waals surface area contributed by atoms with Crippen LogP contribution in [0.5, 0.6) is 5.75 Å². The van der Waals surface area contributed by atoms with E-state index in [1.165, 1.54) is 0 Å². The second kappa shape index (κ2) is 4.75. The average Bonchev–Trinajstić information content (AvgIpc) is 2.95. The topological polar surface area (TPSA) is 33.0 Å². The zero-order valence-corrected chi connectivity index (χ0v) is 11.2. The maximum absolute atomic E-state index is 9.30. The Labute approximate surface area is 115 Å². The van der Waals surface area contributed by atoms with Crippen LogP contribution in [0.15, 0.2) is 47.8 Å². The zero-order valence-electron chi connectivity index (χ0n) is 10.4. The molecule has 19 heavy (non-hydrogen) atoms. The van der Waals surface area contributed by atoms with Crippen LogP contribution in [-0.2, 0) is 0 Å². The molecule has 0 N–H and O–H groups in total. The maximum atomic E-state index is 9.30. The summed E-state index contributed by atoms with van der Waals surface area (Å²) in [5, 5.41) is 12.3. The highest BCUT2D eigenvalue weighted by Gasteiger charge is 2.14. The van der Waals surface area contributed by atoms with Gasteiger partial charge in [0.1, 0.15) is 17.4 Å². The SMILES string of the molecule is COc1cc(-c2ccccc2)c2sccc2c1C#N. The molecule has 0 spiro atoms. The molecule has 0 radical (unpaired) electrons. The summed E-state index contributed by atoms with van der Waals surface area (Å²) in [7, 11) is 1.60. The van der Waals surface area contributed by atoms with Crippen LogP contribution in [0.25, 0.3) is 21.2 Å². The predicted octanol–water partition coefficient (Wildman–Crippen LogP) is 4.45. The fourth-order valence-corrected chi connectivity index (χ4v) is 3.17. The molecule has 3 rings (SSSR count). The molecule has 0 aliphatic rings. The van der Waals surface area contributed by atoms with Gasteiger partial charge < -0.3 is 4.74 Å². The van der Waals surface area contributed by atoms with Crippen LogP contribution in [0.4, 0.5) is 0 Å². The van der Waals surface area contributed by atoms with Gasteiger partial charge in [-0.1, -0.05) is 30.3 Å². The first kappa shape index (κ1) is 11.8. The van der Waals surface area contributed by atoms with Gasteiger partial charge in [0, 0.05) is 15.6 Å². The Hall–Kier alpha value is -2.31. The zero-order chi connectivity index (χ0) is 13.2. The van der Waals surface area contributed by atoms with Gasteiger partial charge in [-0.05, 0) is 23.1 Å². The van der Waals surface area contributed by atoms with Gasteiger partial charge in [0.15, 0.2) is 0 Å². The van der Waals surface area contributed by atoms with E-state index in [1.807, 2.05) is 35.7 Å². The fourth-order valence-electron chi connectivity index (χ4n) is 2.22. The molecule has 0 aliphatic carbocycles. The minimum absolute atomic E-state index is 0.610. The number of nitriles is 1. The minimum Gasteiger partial charge on any atom is -0.495 e. The number of methoxy groups -OCH3 is 1. The van der Waals surface area contributed by atoms with E-state index >= 15 is 0 Å². The number of fused-ring (bicyclic) bond motifs is 1. The van der Waals surface area contributed by atoms with Crippen LogP contribution < -0.4 is 4.74 Å². The fraction of sp³-hybridized carbons (Fsp3) is 0.0625. The number of hydrogen-bond acceptors (Lipinski definition) is 3. The molecule has 0 amide bonds. The Morgan fingerprint density at radius 3 is 2.63 bits per heavy atom. The molecule has 92 valence electrons. The molecule has 3 heteroatoms. The predicted molar refractivity (Wildman–Crippen MR) is 78.5 cm³/mol. The van der Waals surface area contributed by atoms with Gasteiger partial charge in [0.05, 0.1) is 7.11 Å². The van der Waals surface area contributed by atoms with Crippen LogP contribution >= 0.6 is 11.3 Å². The molecule has 0 saturated carbocycles. The van der Waals surface area contributed by atoms with Gasteiger partial charge >= 0.3 is 0 Å². The third-order valence-electron chi connectivity index (χ3n) is 3.12. The first-order valence-corrected chi connectivity index (χ1v) is 6.77. The van der Waals surface area contributed by atoms with Crippen LogP contribution in [0, 0.1) is 11.3 Å². The molecule has 0 atom stereocenters. The molecule has 1 heterocycles. The molecule has 0 aliphatic heterocycles. The highest BCUT2D eigenvalue weighted by molar-refractivity contribution is 7.17. The second-order valence-electron chi connectivity index (χ2n) is 4.14. The lowest BCUT2D eigenvalue weighted by atomic mass is 10.0. The highest BCUT2D eigenvalue weighted by atomic mass is 32.1. The van der Waals surface area contributed by atoms with Crippen molar-refractivity contribution in [3.63, 3.8) is 0 Å². The number of rotatable bonds is 2. The number of ether oxygens (including phenoxy) is 1. The third kappa shape index (κ3) is 1.87. The Morgan fingerprint density at radius 2 is 1.95 bits per heavy atom. The van der Waals surface area contributed by atoms with E-state index in [2.05, 4.69) is 18.2 Å². The van der Waals surface area contributed by atoms with Crippen molar-refractivity contribution in [3.05, 3.63) is 53.4 Å². The molecule has 0 bridgehead atoms. The van der Waals surface area contributed by atoms with Gasteiger partial charge in [-0.3, -0.25) is 0 Å². The van der Waals surface area contributed by atoms with E-state index in [9.17, 15) is 5.26 Å². The van der Waals surface area contributed by atoms with Gasteiger partial charge in [0.25, 0.3) is 0 Å². The van der Waals surface area contributed by atoms with E-state index in [0.29, 0.717) is 11.3 Å². The third-order valence-corrected chi connectivity index (χ3v) is 4.07. The lowest BCUT2D eigenvalue weighted by molar-refractivity contribution is 0.414. The van der Waals surface area contributed by atoms with E-state index < -0.39 is 0 Å². The van der Waals surface area contributed by atoms with Crippen molar-refractivity contribution in [1.82, 2.24) is 0 Å². The largest absolute Gasteiger partial charge is 0.495 e. The summed E-state index contributed by atoms with van der Waals surface area (Å²) in [6.45, 7) is 0. The van der Waals surface area contributed by atoms with E-state index in [0.717, 1.165) is 21.2 Å². The van der Waals surface area contributed by atoms with Gasteiger partial charge in [-0.2, -0.15) is 5.26 Å². The first-order valence-electron chi connectivity index (χ1n) is 5.89. The summed E-state index contributed by atoms with van der Waals surface area (Å²) < 4.78 is 6.49. The number of thiophene rings is 1. The lowest BCUT2D eigenvalue weighted by Crippen LogP contribution is -1.90. The normalized spacial score (nSPS) is 10.3. The van der Waals surface area contributed by atoms with Crippen LogP contribution in [0.3, 0.4) is 0 Å². The summed E-state index contributed by atoms with van der Waals surface area (Å²) in [6.07, 6.45) is 0. The quantitative estimate of drug-likeness (QED) is 0.686. The highest BCUT2D eigenvalue weighted by Crippen LogP contribution is 2.39. The summed E-state index contributed by atoms with van der Waals surface area (Å²) in [4.78, 5) is 0. The Bertz CT molecular complexity index is 769. The monoisotopic (exact) mass is 265 g/mol. The van der Waals surface area contributed by atoms with Crippen molar-refractivity contribution >= 4 is 21.4 Å². The summed E-state index contributed by atoms with van der Waals surface area (Å²) in [5.41, 5.74) is 2.86. The van der Waals surface area contributed by atoms with Crippen LogP contribution in [-0.4, -0.2) is 7.11 Å². The Morgan fingerprint density at radius 1 is 1.16 bits per heavy atom. The maximum Gasteiger partial charge on any atom is 0.137 e. The van der Waals surface area contributed by atoms with E-state index in [1.54, 1.807) is 18.4 Å². The van der Waals surface area contributed by atoms with Crippen LogP contribution in [0.1, 0.15) is 5.56 Å². The van der Waals surface area contributed by atoms with Crippen LogP contribution in [0.2, 0.25) is 0 Å². The first-order chi connectivity index (χ1) is 9.35. The summed E-state index contributed by atoms with van der Waals surface area (Å²) in [6, 6.07) is 16.3. The molecule has 3 aromatic rings. The number of benzene rings is 2. The number of nitrogens with zero attached hydrogens (tertiary/aromatic N) is 1. The molecule has 2 nitrogen and oxygen atoms in total. The lowest BCUT2D eigenvalue weighted by Gasteiger charge is -2.09. The molecular formula is C16H11NOS. The summed E-state index contributed by atoms with van der Waals surface area (Å²) >= 11 is 1.65. The standard InChI is InChI=1S/C16H11NOS/c1-18-15-9-13(11-5-3-2-4-6-11)16-12(7-8-19-16)14(15)10-17/h2-9H,1H3. The molecule has 0 unspecified atom stereocenters. The summed E-state index contributed by atoms with van der Waals surface area (Å²) in [5.74, 6) is 0.632.